The Morgan fingerprint density at radius 2 is 1.80 bits per heavy atom. The van der Waals surface area contributed by atoms with Crippen LogP contribution >= 0.6 is 27.3 Å². The summed E-state index contributed by atoms with van der Waals surface area (Å²) in [7, 11) is 0. The minimum Gasteiger partial charge on any atom is -0.303 e. The van der Waals surface area contributed by atoms with E-state index < -0.39 is 0 Å². The first-order valence-electron chi connectivity index (χ1n) is 8.33. The number of carbonyl (C=O) groups is 2. The molecule has 1 fully saturated rings. The normalized spacial score (nSPS) is 16.1. The van der Waals surface area contributed by atoms with Crippen molar-refractivity contribution in [3.63, 3.8) is 0 Å². The maximum absolute atomic E-state index is 13.0. The number of Topliss-reactive ketones (excluding diaryl/α,β-unsaturated/α-hetero) is 2. The summed E-state index contributed by atoms with van der Waals surface area (Å²) in [5, 5.41) is 0. The summed E-state index contributed by atoms with van der Waals surface area (Å²) in [6.07, 6.45) is 2.08. The number of thiophene rings is 1. The fraction of sp³-hybridized carbons (Fsp3) is 0.368. The molecule has 0 N–H and O–H groups in total. The number of rotatable bonds is 6. The number of carbonyl (C=O) groups excluding carboxylic acids is 2. The Kier molecular flexibility index (Phi) is 6.15. The number of nitrogens with zero attached hydrogens (tertiary/aromatic N) is 1. The minimum absolute atomic E-state index is 0.00864. The van der Waals surface area contributed by atoms with Gasteiger partial charge in [-0.25, -0.2) is 4.39 Å². The van der Waals surface area contributed by atoms with Crippen LogP contribution in [0.2, 0.25) is 0 Å². The van der Waals surface area contributed by atoms with Crippen molar-refractivity contribution in [1.29, 1.82) is 0 Å². The lowest BCUT2D eigenvalue weighted by molar-refractivity contribution is 0.0823. The van der Waals surface area contributed by atoms with E-state index in [9.17, 15) is 14.0 Å². The third-order valence-corrected chi connectivity index (χ3v) is 6.25. The molecule has 3 nitrogen and oxygen atoms in total. The van der Waals surface area contributed by atoms with Gasteiger partial charge in [-0.3, -0.25) is 9.59 Å². The van der Waals surface area contributed by atoms with E-state index in [0.29, 0.717) is 12.0 Å². The van der Waals surface area contributed by atoms with E-state index in [0.717, 1.165) is 41.1 Å². The maximum Gasteiger partial charge on any atom is 0.174 e. The molecule has 6 heteroatoms. The van der Waals surface area contributed by atoms with Crippen molar-refractivity contribution in [2.24, 2.45) is 5.92 Å². The molecule has 1 aromatic heterocycles. The van der Waals surface area contributed by atoms with Gasteiger partial charge in [0.2, 0.25) is 0 Å². The molecule has 0 unspecified atom stereocenters. The summed E-state index contributed by atoms with van der Waals surface area (Å²) in [6.45, 7) is 2.36. The van der Waals surface area contributed by atoms with Crippen molar-refractivity contribution in [3.05, 3.63) is 56.4 Å². The van der Waals surface area contributed by atoms with Gasteiger partial charge in [-0.15, -0.1) is 11.3 Å². The van der Waals surface area contributed by atoms with Gasteiger partial charge >= 0.3 is 0 Å². The molecule has 1 aliphatic heterocycles. The quantitative estimate of drug-likeness (QED) is 0.625. The Labute approximate surface area is 159 Å². The average molecular weight is 424 g/mol. The highest BCUT2D eigenvalue weighted by Crippen LogP contribution is 2.25. The van der Waals surface area contributed by atoms with Gasteiger partial charge in [0.25, 0.3) is 0 Å². The second kappa shape index (κ2) is 8.34. The van der Waals surface area contributed by atoms with Gasteiger partial charge in [0, 0.05) is 24.4 Å². The Balaban J connectivity index is 1.46. The lowest BCUT2D eigenvalue weighted by Gasteiger charge is -2.31. The predicted molar refractivity (Wildman–Crippen MR) is 101 cm³/mol. The van der Waals surface area contributed by atoms with Crippen molar-refractivity contribution < 1.29 is 14.0 Å². The van der Waals surface area contributed by atoms with Gasteiger partial charge in [0.1, 0.15) is 5.82 Å². The molecule has 2 heterocycles. The van der Waals surface area contributed by atoms with Crippen LogP contribution in [0.3, 0.4) is 0 Å². The third-order valence-electron chi connectivity index (χ3n) is 4.59. The highest BCUT2D eigenvalue weighted by atomic mass is 79.9. The van der Waals surface area contributed by atoms with Crippen LogP contribution in [0.15, 0.2) is 40.2 Å². The zero-order chi connectivity index (χ0) is 17.8. The van der Waals surface area contributed by atoms with E-state index in [1.165, 1.54) is 23.5 Å². The van der Waals surface area contributed by atoms with E-state index >= 15 is 0 Å². The van der Waals surface area contributed by atoms with Crippen molar-refractivity contribution >= 4 is 38.8 Å². The maximum atomic E-state index is 13.0. The summed E-state index contributed by atoms with van der Waals surface area (Å²) in [5.74, 6) is -0.0705. The highest BCUT2D eigenvalue weighted by molar-refractivity contribution is 9.11. The number of ketones is 2. The van der Waals surface area contributed by atoms with Gasteiger partial charge in [0.15, 0.2) is 11.6 Å². The summed E-state index contributed by atoms with van der Waals surface area (Å²) < 4.78 is 13.9. The van der Waals surface area contributed by atoms with Gasteiger partial charge in [0.05, 0.1) is 8.66 Å². The van der Waals surface area contributed by atoms with Crippen LogP contribution in [0.25, 0.3) is 0 Å². The molecule has 1 aliphatic rings. The topological polar surface area (TPSA) is 37.4 Å². The van der Waals surface area contributed by atoms with Crippen molar-refractivity contribution in [3.8, 4) is 0 Å². The Bertz CT molecular complexity index is 751. The fourth-order valence-electron chi connectivity index (χ4n) is 3.12. The smallest absolute Gasteiger partial charge is 0.174 e. The number of benzene rings is 1. The molecule has 0 spiro atoms. The van der Waals surface area contributed by atoms with E-state index in [1.807, 2.05) is 12.1 Å². The van der Waals surface area contributed by atoms with E-state index in [-0.39, 0.29) is 23.3 Å². The molecule has 0 amide bonds. The number of piperidine rings is 1. The lowest BCUT2D eigenvalue weighted by Crippen LogP contribution is -2.37. The van der Waals surface area contributed by atoms with Crippen LogP contribution in [-0.4, -0.2) is 36.1 Å². The molecule has 0 bridgehead atoms. The average Bonchev–Trinajstić information content (AvgIpc) is 3.07. The second-order valence-electron chi connectivity index (χ2n) is 6.26. The summed E-state index contributed by atoms with van der Waals surface area (Å²) in [5.41, 5.74) is 0.582. The monoisotopic (exact) mass is 423 g/mol. The van der Waals surface area contributed by atoms with Crippen LogP contribution < -0.4 is 0 Å². The number of hydrogen-bond donors (Lipinski definition) is 0. The lowest BCUT2D eigenvalue weighted by atomic mass is 9.89. The number of halogens is 2. The SMILES string of the molecule is O=C(CCN1CCC(C(=O)c2ccc(F)cc2)CC1)c1ccc(Br)s1. The third kappa shape index (κ3) is 4.84. The molecule has 1 saturated heterocycles. The van der Waals surface area contributed by atoms with Gasteiger partial charge in [-0.2, -0.15) is 0 Å². The zero-order valence-electron chi connectivity index (χ0n) is 13.7. The second-order valence-corrected chi connectivity index (χ2v) is 8.73. The molecule has 2 aromatic rings. The molecular weight excluding hydrogens is 405 g/mol. The zero-order valence-corrected chi connectivity index (χ0v) is 16.1. The summed E-state index contributed by atoms with van der Waals surface area (Å²) in [4.78, 5) is 27.7. The van der Waals surface area contributed by atoms with E-state index in [1.54, 1.807) is 12.1 Å². The molecule has 132 valence electrons. The first-order chi connectivity index (χ1) is 12.0. The van der Waals surface area contributed by atoms with Crippen LogP contribution in [0, 0.1) is 11.7 Å². The minimum atomic E-state index is -0.325. The molecule has 0 radical (unpaired) electrons. The molecule has 25 heavy (non-hydrogen) atoms. The van der Waals surface area contributed by atoms with E-state index in [2.05, 4.69) is 20.8 Å². The number of hydrogen-bond acceptors (Lipinski definition) is 4. The first kappa shape index (κ1) is 18.4. The number of likely N-dealkylation sites (tertiary alicyclic amines) is 1. The molecule has 3 rings (SSSR count). The molecule has 0 atom stereocenters. The summed E-state index contributed by atoms with van der Waals surface area (Å²) in [6, 6.07) is 9.52. The van der Waals surface area contributed by atoms with Crippen LogP contribution in [0.5, 0.6) is 0 Å². The van der Waals surface area contributed by atoms with Gasteiger partial charge in [-0.1, -0.05) is 0 Å². The standard InChI is InChI=1S/C19H19BrFNO2S/c20-18-6-5-17(25-18)16(23)9-12-22-10-7-14(8-11-22)19(24)13-1-3-15(21)4-2-13/h1-6,14H,7-12H2. The Hall–Kier alpha value is -1.37. The largest absolute Gasteiger partial charge is 0.303 e. The van der Waals surface area contributed by atoms with Gasteiger partial charge in [-0.05, 0) is 78.3 Å². The molecule has 0 aliphatic carbocycles. The summed E-state index contributed by atoms with van der Waals surface area (Å²) >= 11 is 4.84. The van der Waals surface area contributed by atoms with Crippen molar-refractivity contribution in [2.75, 3.05) is 19.6 Å². The van der Waals surface area contributed by atoms with Crippen LogP contribution in [-0.2, 0) is 0 Å². The molecule has 1 aromatic carbocycles. The highest BCUT2D eigenvalue weighted by Gasteiger charge is 2.26. The van der Waals surface area contributed by atoms with Crippen LogP contribution in [0.1, 0.15) is 39.3 Å². The predicted octanol–water partition coefficient (Wildman–Crippen LogP) is 4.82. The van der Waals surface area contributed by atoms with Crippen LogP contribution in [0.4, 0.5) is 4.39 Å². The van der Waals surface area contributed by atoms with Crippen molar-refractivity contribution in [2.45, 2.75) is 19.3 Å². The Morgan fingerprint density at radius 1 is 1.12 bits per heavy atom. The molecular formula is C19H19BrFNO2S. The van der Waals surface area contributed by atoms with Crippen molar-refractivity contribution in [1.82, 2.24) is 4.90 Å². The molecule has 0 saturated carbocycles. The Morgan fingerprint density at radius 3 is 2.40 bits per heavy atom. The fourth-order valence-corrected chi connectivity index (χ4v) is 4.47. The van der Waals surface area contributed by atoms with Gasteiger partial charge < -0.3 is 4.90 Å². The van der Waals surface area contributed by atoms with E-state index in [4.69, 9.17) is 0 Å². The first-order valence-corrected chi connectivity index (χ1v) is 9.94.